The number of hydrogen-bond acceptors (Lipinski definition) is 5. The third kappa shape index (κ3) is 3.97. The van der Waals surface area contributed by atoms with Crippen molar-refractivity contribution in [2.24, 2.45) is 0 Å². The van der Waals surface area contributed by atoms with E-state index in [1.54, 1.807) is 25.3 Å². The Labute approximate surface area is 111 Å². The van der Waals surface area contributed by atoms with Gasteiger partial charge in [0.25, 0.3) is 0 Å². The Morgan fingerprint density at radius 2 is 2.22 bits per heavy atom. The number of hydrogen-bond donors (Lipinski definition) is 0. The summed E-state index contributed by atoms with van der Waals surface area (Å²) in [6, 6.07) is 7.39. The molecule has 1 aromatic carbocycles. The maximum absolute atomic E-state index is 11.2. The number of methoxy groups -OCH3 is 2. The van der Waals surface area contributed by atoms with E-state index in [9.17, 15) is 4.79 Å². The van der Waals surface area contributed by atoms with E-state index in [4.69, 9.17) is 10.00 Å². The molecule has 0 bridgehead atoms. The maximum atomic E-state index is 11.2. The lowest BCUT2D eigenvalue weighted by atomic mass is 10.2. The molecule has 0 spiro atoms. The van der Waals surface area contributed by atoms with Crippen molar-refractivity contribution in [1.29, 1.82) is 5.26 Å². The summed E-state index contributed by atoms with van der Waals surface area (Å²) in [6.45, 7) is 1.92. The Morgan fingerprint density at radius 3 is 2.78 bits per heavy atom. The second-order valence-electron chi connectivity index (χ2n) is 3.68. The zero-order valence-electron chi connectivity index (χ0n) is 10.6. The number of nitrogens with zero attached hydrogens (tertiary/aromatic N) is 1. The molecule has 5 heteroatoms. The molecule has 0 radical (unpaired) electrons. The molecule has 0 N–H and O–H groups in total. The summed E-state index contributed by atoms with van der Waals surface area (Å²) in [6.07, 6.45) is 0.309. The van der Waals surface area contributed by atoms with E-state index in [0.29, 0.717) is 17.7 Å². The molecule has 18 heavy (non-hydrogen) atoms. The van der Waals surface area contributed by atoms with Gasteiger partial charge in [-0.2, -0.15) is 5.26 Å². The highest BCUT2D eigenvalue weighted by Crippen LogP contribution is 2.31. The summed E-state index contributed by atoms with van der Waals surface area (Å²) in [5, 5.41) is 9.07. The first-order chi connectivity index (χ1) is 8.60. The van der Waals surface area contributed by atoms with E-state index in [1.165, 1.54) is 18.9 Å². The van der Waals surface area contributed by atoms with Crippen LogP contribution in [0.3, 0.4) is 0 Å². The zero-order chi connectivity index (χ0) is 13.5. The smallest absolute Gasteiger partial charge is 0.306 e. The molecule has 0 fully saturated rings. The van der Waals surface area contributed by atoms with Gasteiger partial charge in [0.15, 0.2) is 0 Å². The van der Waals surface area contributed by atoms with Crippen LogP contribution in [-0.2, 0) is 9.53 Å². The van der Waals surface area contributed by atoms with Crippen molar-refractivity contribution in [3.8, 4) is 11.8 Å². The van der Waals surface area contributed by atoms with Gasteiger partial charge >= 0.3 is 5.97 Å². The molecule has 0 aliphatic rings. The van der Waals surface area contributed by atoms with E-state index in [1.807, 2.05) is 6.92 Å². The van der Waals surface area contributed by atoms with E-state index in [-0.39, 0.29) is 11.2 Å². The van der Waals surface area contributed by atoms with Crippen LogP contribution in [-0.4, -0.2) is 25.4 Å². The summed E-state index contributed by atoms with van der Waals surface area (Å²) in [5.74, 6) is 0.443. The topological polar surface area (TPSA) is 59.3 Å². The standard InChI is InChI=1S/C13H15NO3S/c1-9(6-13(15)17-3)18-12-7-11(16-2)5-4-10(12)8-14/h4-5,7,9H,6H2,1-3H3. The highest BCUT2D eigenvalue weighted by molar-refractivity contribution is 8.00. The minimum atomic E-state index is -0.253. The number of ether oxygens (including phenoxy) is 2. The SMILES string of the molecule is COC(=O)CC(C)Sc1cc(OC)ccc1C#N. The molecule has 1 atom stereocenters. The fourth-order valence-corrected chi connectivity index (χ4v) is 2.47. The van der Waals surface area contributed by atoms with Crippen molar-refractivity contribution in [2.45, 2.75) is 23.5 Å². The summed E-state index contributed by atoms with van der Waals surface area (Å²) in [7, 11) is 2.94. The van der Waals surface area contributed by atoms with Gasteiger partial charge in [-0.3, -0.25) is 4.79 Å². The molecule has 0 heterocycles. The van der Waals surface area contributed by atoms with Crippen LogP contribution in [0.4, 0.5) is 0 Å². The van der Waals surface area contributed by atoms with E-state index < -0.39 is 0 Å². The van der Waals surface area contributed by atoms with Gasteiger partial charge in [0, 0.05) is 10.1 Å². The van der Waals surface area contributed by atoms with E-state index >= 15 is 0 Å². The van der Waals surface area contributed by atoms with Gasteiger partial charge in [-0.15, -0.1) is 11.8 Å². The van der Waals surface area contributed by atoms with E-state index in [2.05, 4.69) is 10.8 Å². The molecule has 0 saturated heterocycles. The number of thioether (sulfide) groups is 1. The fraction of sp³-hybridized carbons (Fsp3) is 0.385. The Balaban J connectivity index is 2.82. The van der Waals surface area contributed by atoms with Crippen LogP contribution >= 0.6 is 11.8 Å². The summed E-state index contributed by atoms with van der Waals surface area (Å²) in [4.78, 5) is 12.0. The largest absolute Gasteiger partial charge is 0.497 e. The number of rotatable bonds is 5. The van der Waals surface area contributed by atoms with E-state index in [0.717, 1.165) is 4.90 Å². The average Bonchev–Trinajstić information content (AvgIpc) is 2.38. The minimum absolute atomic E-state index is 0.0386. The highest BCUT2D eigenvalue weighted by atomic mass is 32.2. The van der Waals surface area contributed by atoms with Gasteiger partial charge in [-0.25, -0.2) is 0 Å². The molecule has 0 aliphatic carbocycles. The van der Waals surface area contributed by atoms with Crippen molar-refractivity contribution in [3.05, 3.63) is 23.8 Å². The van der Waals surface area contributed by atoms with Crippen molar-refractivity contribution >= 4 is 17.7 Å². The van der Waals surface area contributed by atoms with Gasteiger partial charge in [0.1, 0.15) is 11.8 Å². The molecule has 1 aromatic rings. The first-order valence-corrected chi connectivity index (χ1v) is 6.30. The average molecular weight is 265 g/mol. The molecule has 1 rings (SSSR count). The van der Waals surface area contributed by atoms with Crippen LogP contribution in [0, 0.1) is 11.3 Å². The fourth-order valence-electron chi connectivity index (χ4n) is 1.40. The minimum Gasteiger partial charge on any atom is -0.497 e. The Morgan fingerprint density at radius 1 is 1.50 bits per heavy atom. The molecule has 4 nitrogen and oxygen atoms in total. The summed E-state index contributed by atoms with van der Waals surface area (Å²) < 4.78 is 9.74. The van der Waals surface area contributed by atoms with Crippen molar-refractivity contribution in [1.82, 2.24) is 0 Å². The first-order valence-electron chi connectivity index (χ1n) is 5.42. The monoisotopic (exact) mass is 265 g/mol. The van der Waals surface area contributed by atoms with Crippen LogP contribution in [0.5, 0.6) is 5.75 Å². The number of carbonyl (C=O) groups excluding carboxylic acids is 1. The third-order valence-corrected chi connectivity index (χ3v) is 3.48. The van der Waals surface area contributed by atoms with Crippen molar-refractivity contribution in [3.63, 3.8) is 0 Å². The molecule has 0 amide bonds. The second kappa shape index (κ2) is 6.92. The lowest BCUT2D eigenvalue weighted by molar-refractivity contribution is -0.140. The predicted molar refractivity (Wildman–Crippen MR) is 69.7 cm³/mol. The Hall–Kier alpha value is -1.67. The molecule has 0 aromatic heterocycles. The van der Waals surface area contributed by atoms with Crippen molar-refractivity contribution in [2.75, 3.05) is 14.2 Å². The molecule has 0 saturated carbocycles. The van der Waals surface area contributed by atoms with Crippen LogP contribution in [0.15, 0.2) is 23.1 Å². The van der Waals surface area contributed by atoms with Crippen molar-refractivity contribution < 1.29 is 14.3 Å². The normalized spacial score (nSPS) is 11.4. The lowest BCUT2D eigenvalue weighted by Crippen LogP contribution is -2.08. The Kier molecular flexibility index (Phi) is 5.53. The number of esters is 1. The number of nitriles is 1. The quantitative estimate of drug-likeness (QED) is 0.605. The predicted octanol–water partition coefficient (Wildman–Crippen LogP) is 2.61. The van der Waals surface area contributed by atoms with Crippen LogP contribution in [0.1, 0.15) is 18.9 Å². The molecule has 1 unspecified atom stereocenters. The Bertz CT molecular complexity index is 468. The highest BCUT2D eigenvalue weighted by Gasteiger charge is 2.13. The summed E-state index contributed by atoms with van der Waals surface area (Å²) >= 11 is 1.46. The maximum Gasteiger partial charge on any atom is 0.306 e. The zero-order valence-corrected chi connectivity index (χ0v) is 11.4. The first kappa shape index (κ1) is 14.4. The van der Waals surface area contributed by atoms with Crippen LogP contribution in [0.25, 0.3) is 0 Å². The van der Waals surface area contributed by atoms with Gasteiger partial charge in [0.05, 0.1) is 26.2 Å². The third-order valence-electron chi connectivity index (χ3n) is 2.32. The van der Waals surface area contributed by atoms with Gasteiger partial charge in [0.2, 0.25) is 0 Å². The van der Waals surface area contributed by atoms with Crippen LogP contribution < -0.4 is 4.74 Å². The molecule has 96 valence electrons. The second-order valence-corrected chi connectivity index (χ2v) is 5.16. The number of carbonyl (C=O) groups is 1. The van der Waals surface area contributed by atoms with Gasteiger partial charge in [-0.05, 0) is 18.2 Å². The molecular weight excluding hydrogens is 250 g/mol. The van der Waals surface area contributed by atoms with Crippen LogP contribution in [0.2, 0.25) is 0 Å². The molecule has 0 aliphatic heterocycles. The van der Waals surface area contributed by atoms with Gasteiger partial charge in [-0.1, -0.05) is 6.92 Å². The lowest BCUT2D eigenvalue weighted by Gasteiger charge is -2.11. The van der Waals surface area contributed by atoms with Gasteiger partial charge < -0.3 is 9.47 Å². The number of benzene rings is 1. The molecular formula is C13H15NO3S. The summed E-state index contributed by atoms with van der Waals surface area (Å²) in [5.41, 5.74) is 0.581.